The number of methoxy groups -OCH3 is 1. The highest BCUT2D eigenvalue weighted by Gasteiger charge is 2.11. The number of hydrogen-bond donors (Lipinski definition) is 1. The van der Waals surface area contributed by atoms with Crippen molar-refractivity contribution in [2.45, 2.75) is 13.5 Å². The van der Waals surface area contributed by atoms with Crippen LogP contribution in [0.25, 0.3) is 0 Å². The van der Waals surface area contributed by atoms with Crippen molar-refractivity contribution in [3.05, 3.63) is 23.7 Å². The summed E-state index contributed by atoms with van der Waals surface area (Å²) in [6, 6.07) is 3.22. The van der Waals surface area contributed by atoms with E-state index in [2.05, 4.69) is 10.1 Å². The van der Waals surface area contributed by atoms with Gasteiger partial charge in [-0.15, -0.1) is 0 Å². The van der Waals surface area contributed by atoms with Crippen molar-refractivity contribution in [3.63, 3.8) is 0 Å². The molecule has 0 unspecified atom stereocenters. The molecule has 0 saturated carbocycles. The number of rotatable bonds is 6. The van der Waals surface area contributed by atoms with E-state index in [1.165, 1.54) is 7.11 Å². The molecule has 0 bridgehead atoms. The summed E-state index contributed by atoms with van der Waals surface area (Å²) < 4.78 is 9.77. The Bertz CT molecular complexity index is 414. The van der Waals surface area contributed by atoms with E-state index in [-0.39, 0.29) is 18.2 Å². The molecule has 0 aliphatic heterocycles. The van der Waals surface area contributed by atoms with Crippen molar-refractivity contribution < 1.29 is 18.7 Å². The highest BCUT2D eigenvalue weighted by molar-refractivity contribution is 5.86. The van der Waals surface area contributed by atoms with Crippen LogP contribution in [-0.4, -0.2) is 44.0 Å². The fourth-order valence-electron chi connectivity index (χ4n) is 1.29. The Morgan fingerprint density at radius 1 is 1.44 bits per heavy atom. The number of hydrogen-bond acceptors (Lipinski definition) is 5. The molecular weight excluding hydrogens is 236 g/mol. The van der Waals surface area contributed by atoms with Gasteiger partial charge in [-0.3, -0.25) is 4.79 Å². The molecular formula is C12H18N2O4. The highest BCUT2D eigenvalue weighted by atomic mass is 16.5. The third-order valence-corrected chi connectivity index (χ3v) is 2.52. The van der Waals surface area contributed by atoms with Gasteiger partial charge in [0.25, 0.3) is 0 Å². The van der Waals surface area contributed by atoms with Gasteiger partial charge in [0.2, 0.25) is 11.7 Å². The summed E-state index contributed by atoms with van der Waals surface area (Å²) >= 11 is 0. The Hall–Kier alpha value is -1.82. The number of carbonyl (C=O) groups excluding carboxylic acids is 2. The van der Waals surface area contributed by atoms with Gasteiger partial charge in [0.05, 0.1) is 20.2 Å². The maximum absolute atomic E-state index is 11.5. The lowest BCUT2D eigenvalue weighted by molar-refractivity contribution is -0.128. The van der Waals surface area contributed by atoms with Crippen LogP contribution in [-0.2, 0) is 16.1 Å². The van der Waals surface area contributed by atoms with Crippen LogP contribution in [0.4, 0.5) is 0 Å². The first kappa shape index (κ1) is 14.2. The third kappa shape index (κ3) is 3.89. The monoisotopic (exact) mass is 254 g/mol. The van der Waals surface area contributed by atoms with Gasteiger partial charge in [0.15, 0.2) is 0 Å². The minimum absolute atomic E-state index is 0.0113. The Labute approximate surface area is 106 Å². The Morgan fingerprint density at radius 2 is 2.17 bits per heavy atom. The van der Waals surface area contributed by atoms with Gasteiger partial charge < -0.3 is 19.4 Å². The minimum Gasteiger partial charge on any atom is -0.463 e. The lowest BCUT2D eigenvalue weighted by Gasteiger charge is -2.14. The molecule has 0 atom stereocenters. The molecule has 1 amide bonds. The fourth-order valence-corrected chi connectivity index (χ4v) is 1.29. The number of nitrogens with zero attached hydrogens (tertiary/aromatic N) is 1. The van der Waals surface area contributed by atoms with E-state index in [1.54, 1.807) is 24.1 Å². The van der Waals surface area contributed by atoms with Gasteiger partial charge >= 0.3 is 5.97 Å². The van der Waals surface area contributed by atoms with Gasteiger partial charge in [0.1, 0.15) is 5.76 Å². The molecule has 0 aromatic carbocycles. The average molecular weight is 254 g/mol. The van der Waals surface area contributed by atoms with Crippen LogP contribution in [0.1, 0.15) is 23.2 Å². The standard InChI is InChI=1S/C12H18N2O4/c1-4-14(2)11(15)8-13-7-9-5-6-10(18-9)12(16)17-3/h5-6,13H,4,7-8H2,1-3H3. The smallest absolute Gasteiger partial charge is 0.373 e. The van der Waals surface area contributed by atoms with E-state index in [4.69, 9.17) is 4.42 Å². The molecule has 0 aliphatic rings. The van der Waals surface area contributed by atoms with Gasteiger partial charge in [-0.05, 0) is 19.1 Å². The van der Waals surface area contributed by atoms with Crippen molar-refractivity contribution in [2.24, 2.45) is 0 Å². The van der Waals surface area contributed by atoms with Crippen LogP contribution in [0.2, 0.25) is 0 Å². The normalized spacial score (nSPS) is 10.2. The van der Waals surface area contributed by atoms with Crippen LogP contribution in [0.15, 0.2) is 16.5 Å². The maximum Gasteiger partial charge on any atom is 0.373 e. The predicted octanol–water partition coefficient (Wildman–Crippen LogP) is 0.634. The van der Waals surface area contributed by atoms with Gasteiger partial charge in [0, 0.05) is 13.6 Å². The summed E-state index contributed by atoms with van der Waals surface area (Å²) in [6.45, 7) is 3.21. The van der Waals surface area contributed by atoms with Crippen molar-refractivity contribution in [1.82, 2.24) is 10.2 Å². The largest absolute Gasteiger partial charge is 0.463 e. The second kappa shape index (κ2) is 6.80. The molecule has 18 heavy (non-hydrogen) atoms. The number of likely N-dealkylation sites (N-methyl/N-ethyl adjacent to an activating group) is 1. The molecule has 0 saturated heterocycles. The first-order valence-electron chi connectivity index (χ1n) is 5.70. The number of nitrogens with one attached hydrogen (secondary N) is 1. The zero-order chi connectivity index (χ0) is 13.5. The Balaban J connectivity index is 2.38. The number of furan rings is 1. The number of carbonyl (C=O) groups is 2. The molecule has 0 radical (unpaired) electrons. The quantitative estimate of drug-likeness (QED) is 0.754. The third-order valence-electron chi connectivity index (χ3n) is 2.52. The molecule has 6 heteroatoms. The molecule has 1 aromatic heterocycles. The Kier molecular flexibility index (Phi) is 5.38. The van der Waals surface area contributed by atoms with Crippen LogP contribution < -0.4 is 5.32 Å². The van der Waals surface area contributed by atoms with Crippen LogP contribution in [0.5, 0.6) is 0 Å². The van der Waals surface area contributed by atoms with Gasteiger partial charge in [-0.25, -0.2) is 4.79 Å². The van der Waals surface area contributed by atoms with E-state index in [1.807, 2.05) is 6.92 Å². The number of esters is 1. The van der Waals surface area contributed by atoms with Gasteiger partial charge in [-0.1, -0.05) is 0 Å². The maximum atomic E-state index is 11.5. The topological polar surface area (TPSA) is 71.8 Å². The Morgan fingerprint density at radius 3 is 2.78 bits per heavy atom. The molecule has 1 heterocycles. The molecule has 100 valence electrons. The molecule has 1 N–H and O–H groups in total. The summed E-state index contributed by atoms with van der Waals surface area (Å²) in [7, 11) is 3.04. The minimum atomic E-state index is -0.511. The van der Waals surface area contributed by atoms with E-state index in [0.29, 0.717) is 18.8 Å². The summed E-state index contributed by atoms with van der Waals surface area (Å²) in [5.74, 6) is 0.244. The summed E-state index contributed by atoms with van der Waals surface area (Å²) in [5, 5.41) is 2.95. The van der Waals surface area contributed by atoms with Crippen molar-refractivity contribution in [3.8, 4) is 0 Å². The molecule has 0 aliphatic carbocycles. The lowest BCUT2D eigenvalue weighted by Crippen LogP contribution is -2.35. The zero-order valence-corrected chi connectivity index (χ0v) is 10.9. The van der Waals surface area contributed by atoms with Crippen LogP contribution in [0.3, 0.4) is 0 Å². The van der Waals surface area contributed by atoms with E-state index in [0.717, 1.165) is 0 Å². The molecule has 6 nitrogen and oxygen atoms in total. The lowest BCUT2D eigenvalue weighted by atomic mass is 10.4. The van der Waals surface area contributed by atoms with Gasteiger partial charge in [-0.2, -0.15) is 0 Å². The summed E-state index contributed by atoms with van der Waals surface area (Å²) in [5.41, 5.74) is 0. The summed E-state index contributed by atoms with van der Waals surface area (Å²) in [6.07, 6.45) is 0. The highest BCUT2D eigenvalue weighted by Crippen LogP contribution is 2.08. The molecule has 1 aromatic rings. The number of ether oxygens (including phenoxy) is 1. The van der Waals surface area contributed by atoms with Crippen molar-refractivity contribution >= 4 is 11.9 Å². The number of amides is 1. The second-order valence-corrected chi connectivity index (χ2v) is 3.77. The van der Waals surface area contributed by atoms with Crippen molar-refractivity contribution in [2.75, 3.05) is 27.2 Å². The van der Waals surface area contributed by atoms with Crippen LogP contribution >= 0.6 is 0 Å². The molecule has 0 spiro atoms. The van der Waals surface area contributed by atoms with Crippen molar-refractivity contribution in [1.29, 1.82) is 0 Å². The molecule has 0 fully saturated rings. The second-order valence-electron chi connectivity index (χ2n) is 3.77. The zero-order valence-electron chi connectivity index (χ0n) is 10.9. The average Bonchev–Trinajstić information content (AvgIpc) is 2.85. The fraction of sp³-hybridized carbons (Fsp3) is 0.500. The SMILES string of the molecule is CCN(C)C(=O)CNCc1ccc(C(=O)OC)o1. The van der Waals surface area contributed by atoms with E-state index in [9.17, 15) is 9.59 Å². The predicted molar refractivity (Wildman–Crippen MR) is 65.1 cm³/mol. The first-order valence-corrected chi connectivity index (χ1v) is 5.70. The molecule has 1 rings (SSSR count). The van der Waals surface area contributed by atoms with E-state index >= 15 is 0 Å². The van der Waals surface area contributed by atoms with E-state index < -0.39 is 5.97 Å². The van der Waals surface area contributed by atoms with Crippen LogP contribution in [0, 0.1) is 0 Å². The summed E-state index contributed by atoms with van der Waals surface area (Å²) in [4.78, 5) is 24.2. The first-order chi connectivity index (χ1) is 8.58.